The minimum absolute atomic E-state index is 0.519. The van der Waals surface area contributed by atoms with Crippen molar-refractivity contribution < 1.29 is 0 Å². The Labute approximate surface area is 84.9 Å². The first-order valence-electron chi connectivity index (χ1n) is 5.11. The van der Waals surface area contributed by atoms with Gasteiger partial charge in [0.05, 0.1) is 11.4 Å². The van der Waals surface area contributed by atoms with E-state index >= 15 is 0 Å². The lowest BCUT2D eigenvalue weighted by Gasteiger charge is -2.19. The molecule has 0 spiro atoms. The zero-order valence-corrected chi connectivity index (χ0v) is 8.83. The number of nitrogen functional groups attached to an aromatic ring is 1. The van der Waals surface area contributed by atoms with Crippen LogP contribution in [0.25, 0.3) is 0 Å². The molecule has 2 heterocycles. The van der Waals surface area contributed by atoms with Gasteiger partial charge >= 0.3 is 0 Å². The lowest BCUT2D eigenvalue weighted by molar-refractivity contribution is 0.317. The second kappa shape index (κ2) is 3.58. The maximum absolute atomic E-state index is 5.85. The number of hydrogen-bond donors (Lipinski definition) is 1. The SMILES string of the molecule is Cc1ncc(C2CCCN2C)cc1N. The third kappa shape index (κ3) is 1.60. The van der Waals surface area contributed by atoms with E-state index in [2.05, 4.69) is 23.0 Å². The zero-order chi connectivity index (χ0) is 10.1. The number of likely N-dealkylation sites (tertiary alicyclic amines) is 1. The van der Waals surface area contributed by atoms with Crippen LogP contribution >= 0.6 is 0 Å². The topological polar surface area (TPSA) is 42.2 Å². The summed E-state index contributed by atoms with van der Waals surface area (Å²) in [7, 11) is 2.16. The highest BCUT2D eigenvalue weighted by Gasteiger charge is 2.22. The number of nitrogens with two attached hydrogens (primary N) is 1. The van der Waals surface area contributed by atoms with Crippen molar-refractivity contribution in [2.75, 3.05) is 19.3 Å². The molecular weight excluding hydrogens is 174 g/mol. The first kappa shape index (κ1) is 9.46. The summed E-state index contributed by atoms with van der Waals surface area (Å²) in [4.78, 5) is 6.67. The predicted molar refractivity (Wildman–Crippen MR) is 58.0 cm³/mol. The van der Waals surface area contributed by atoms with Gasteiger partial charge in [0.2, 0.25) is 0 Å². The largest absolute Gasteiger partial charge is 0.397 e. The number of hydrogen-bond acceptors (Lipinski definition) is 3. The van der Waals surface area contributed by atoms with Gasteiger partial charge in [-0.2, -0.15) is 0 Å². The summed E-state index contributed by atoms with van der Waals surface area (Å²) in [6, 6.07) is 2.58. The van der Waals surface area contributed by atoms with E-state index in [4.69, 9.17) is 5.73 Å². The molecule has 0 aromatic carbocycles. The Kier molecular flexibility index (Phi) is 2.42. The molecule has 1 aliphatic heterocycles. The molecule has 1 unspecified atom stereocenters. The van der Waals surface area contributed by atoms with Gasteiger partial charge in [0, 0.05) is 12.2 Å². The normalized spacial score (nSPS) is 22.9. The fourth-order valence-corrected chi connectivity index (χ4v) is 2.08. The molecule has 1 atom stereocenters. The fraction of sp³-hybridized carbons (Fsp3) is 0.545. The van der Waals surface area contributed by atoms with Crippen LogP contribution in [-0.2, 0) is 0 Å². The van der Waals surface area contributed by atoms with Gasteiger partial charge in [0.25, 0.3) is 0 Å². The average Bonchev–Trinajstić information content (AvgIpc) is 2.57. The van der Waals surface area contributed by atoms with E-state index in [1.165, 1.54) is 24.9 Å². The van der Waals surface area contributed by atoms with Gasteiger partial charge in [-0.15, -0.1) is 0 Å². The summed E-state index contributed by atoms with van der Waals surface area (Å²) in [6.07, 6.45) is 4.45. The summed E-state index contributed by atoms with van der Waals surface area (Å²) in [6.45, 7) is 3.12. The van der Waals surface area contributed by atoms with Gasteiger partial charge in [0.1, 0.15) is 0 Å². The molecule has 76 valence electrons. The van der Waals surface area contributed by atoms with Crippen LogP contribution in [0.4, 0.5) is 5.69 Å². The third-order valence-electron chi connectivity index (χ3n) is 3.05. The summed E-state index contributed by atoms with van der Waals surface area (Å²) >= 11 is 0. The molecule has 2 N–H and O–H groups in total. The number of pyridine rings is 1. The van der Waals surface area contributed by atoms with Crippen LogP contribution in [0.5, 0.6) is 0 Å². The summed E-state index contributed by atoms with van der Waals surface area (Å²) in [5.41, 5.74) is 8.84. The molecule has 0 amide bonds. The van der Waals surface area contributed by atoms with Crippen molar-refractivity contribution >= 4 is 5.69 Å². The summed E-state index contributed by atoms with van der Waals surface area (Å²) < 4.78 is 0. The van der Waals surface area contributed by atoms with Gasteiger partial charge < -0.3 is 5.73 Å². The van der Waals surface area contributed by atoms with Crippen LogP contribution in [0.2, 0.25) is 0 Å². The lowest BCUT2D eigenvalue weighted by Crippen LogP contribution is -2.17. The molecule has 1 saturated heterocycles. The highest BCUT2D eigenvalue weighted by molar-refractivity contribution is 5.44. The van der Waals surface area contributed by atoms with Crippen LogP contribution in [0.15, 0.2) is 12.3 Å². The molecule has 0 bridgehead atoms. The van der Waals surface area contributed by atoms with Crippen molar-refractivity contribution in [1.82, 2.24) is 9.88 Å². The Hall–Kier alpha value is -1.09. The predicted octanol–water partition coefficient (Wildman–Crippen LogP) is 1.74. The molecule has 0 aliphatic carbocycles. The highest BCUT2D eigenvalue weighted by atomic mass is 15.1. The minimum atomic E-state index is 0.519. The van der Waals surface area contributed by atoms with Crippen molar-refractivity contribution in [2.45, 2.75) is 25.8 Å². The second-order valence-electron chi connectivity index (χ2n) is 4.08. The Morgan fingerprint density at radius 3 is 2.93 bits per heavy atom. The molecule has 0 saturated carbocycles. The van der Waals surface area contributed by atoms with Crippen LogP contribution < -0.4 is 5.73 Å². The average molecular weight is 191 g/mol. The van der Waals surface area contributed by atoms with Crippen molar-refractivity contribution in [1.29, 1.82) is 0 Å². The number of rotatable bonds is 1. The van der Waals surface area contributed by atoms with E-state index < -0.39 is 0 Å². The third-order valence-corrected chi connectivity index (χ3v) is 3.05. The van der Waals surface area contributed by atoms with Gasteiger partial charge in [-0.25, -0.2) is 0 Å². The number of nitrogens with zero attached hydrogens (tertiary/aromatic N) is 2. The van der Waals surface area contributed by atoms with Gasteiger partial charge in [-0.3, -0.25) is 9.88 Å². The van der Waals surface area contributed by atoms with Crippen LogP contribution in [0.1, 0.15) is 30.1 Å². The van der Waals surface area contributed by atoms with E-state index in [1.807, 2.05) is 13.1 Å². The van der Waals surface area contributed by atoms with E-state index in [9.17, 15) is 0 Å². The standard InChI is InChI=1S/C11H17N3/c1-8-10(12)6-9(7-13-8)11-4-3-5-14(11)2/h6-7,11H,3-5,12H2,1-2H3. The smallest absolute Gasteiger partial charge is 0.0601 e. The first-order valence-corrected chi connectivity index (χ1v) is 5.11. The maximum atomic E-state index is 5.85. The van der Waals surface area contributed by atoms with Gasteiger partial charge in [0.15, 0.2) is 0 Å². The van der Waals surface area contributed by atoms with Gasteiger partial charge in [-0.1, -0.05) is 0 Å². The molecule has 0 radical (unpaired) electrons. The summed E-state index contributed by atoms with van der Waals surface area (Å²) in [5.74, 6) is 0. The molecule has 1 aromatic rings. The molecule has 3 heteroatoms. The Balaban J connectivity index is 2.28. The Morgan fingerprint density at radius 2 is 2.36 bits per heavy atom. The Bertz CT molecular complexity index is 335. The monoisotopic (exact) mass is 191 g/mol. The molecule has 1 aromatic heterocycles. The molecule has 2 rings (SSSR count). The Morgan fingerprint density at radius 1 is 1.57 bits per heavy atom. The molecule has 3 nitrogen and oxygen atoms in total. The van der Waals surface area contributed by atoms with Crippen LogP contribution in [-0.4, -0.2) is 23.5 Å². The van der Waals surface area contributed by atoms with E-state index in [1.54, 1.807) is 0 Å². The van der Waals surface area contributed by atoms with E-state index in [0.29, 0.717) is 6.04 Å². The lowest BCUT2D eigenvalue weighted by atomic mass is 10.1. The van der Waals surface area contributed by atoms with E-state index in [-0.39, 0.29) is 0 Å². The molecular formula is C11H17N3. The first-order chi connectivity index (χ1) is 6.68. The number of aromatic nitrogens is 1. The minimum Gasteiger partial charge on any atom is -0.397 e. The van der Waals surface area contributed by atoms with Crippen molar-refractivity contribution in [3.63, 3.8) is 0 Å². The molecule has 1 aliphatic rings. The van der Waals surface area contributed by atoms with Crippen molar-refractivity contribution in [3.8, 4) is 0 Å². The fourth-order valence-electron chi connectivity index (χ4n) is 2.08. The second-order valence-corrected chi connectivity index (χ2v) is 4.08. The maximum Gasteiger partial charge on any atom is 0.0601 e. The number of anilines is 1. The molecule has 14 heavy (non-hydrogen) atoms. The zero-order valence-electron chi connectivity index (χ0n) is 8.83. The molecule has 1 fully saturated rings. The quantitative estimate of drug-likeness (QED) is 0.735. The number of aryl methyl sites for hydroxylation is 1. The summed E-state index contributed by atoms with van der Waals surface area (Å²) in [5, 5.41) is 0. The van der Waals surface area contributed by atoms with E-state index in [0.717, 1.165) is 11.4 Å². The van der Waals surface area contributed by atoms with Crippen LogP contribution in [0, 0.1) is 6.92 Å². The van der Waals surface area contributed by atoms with Gasteiger partial charge in [-0.05, 0) is 45.0 Å². The van der Waals surface area contributed by atoms with Crippen molar-refractivity contribution in [3.05, 3.63) is 23.5 Å². The highest BCUT2D eigenvalue weighted by Crippen LogP contribution is 2.30. The van der Waals surface area contributed by atoms with Crippen molar-refractivity contribution in [2.24, 2.45) is 0 Å². The van der Waals surface area contributed by atoms with Crippen LogP contribution in [0.3, 0.4) is 0 Å².